The second-order valence-electron chi connectivity index (χ2n) is 3.99. The Morgan fingerprint density at radius 1 is 1.47 bits per heavy atom. The molecule has 4 nitrogen and oxygen atoms in total. The fourth-order valence-electron chi connectivity index (χ4n) is 1.55. The molecule has 1 N–H and O–H groups in total. The average molecular weight is 232 g/mol. The van der Waals surface area contributed by atoms with E-state index in [0.717, 1.165) is 17.1 Å². The van der Waals surface area contributed by atoms with Gasteiger partial charge < -0.3 is 14.4 Å². The number of hydrogen-bond donors (Lipinski definition) is 1. The van der Waals surface area contributed by atoms with Crippen LogP contribution in [-0.4, -0.2) is 14.7 Å². The lowest BCUT2D eigenvalue weighted by Gasteiger charge is -2.09. The van der Waals surface area contributed by atoms with Gasteiger partial charge in [0.05, 0.1) is 6.10 Å². The van der Waals surface area contributed by atoms with Crippen molar-refractivity contribution in [2.75, 3.05) is 0 Å². The van der Waals surface area contributed by atoms with Gasteiger partial charge in [-0.2, -0.15) is 0 Å². The monoisotopic (exact) mass is 232 g/mol. The lowest BCUT2D eigenvalue weighted by atomic mass is 10.1. The van der Waals surface area contributed by atoms with Gasteiger partial charge in [0, 0.05) is 19.4 Å². The third-order valence-electron chi connectivity index (χ3n) is 2.63. The minimum absolute atomic E-state index is 0.423. The van der Waals surface area contributed by atoms with Crippen LogP contribution in [0.25, 0.3) is 0 Å². The number of aliphatic hydroxyl groups excluding tert-OH is 1. The van der Waals surface area contributed by atoms with Crippen LogP contribution in [0.1, 0.15) is 24.4 Å². The summed E-state index contributed by atoms with van der Waals surface area (Å²) in [6.45, 7) is 2.16. The third-order valence-corrected chi connectivity index (χ3v) is 2.63. The summed E-state index contributed by atoms with van der Waals surface area (Å²) >= 11 is 0. The molecule has 2 aromatic rings. The second-order valence-corrected chi connectivity index (χ2v) is 3.99. The van der Waals surface area contributed by atoms with E-state index in [9.17, 15) is 5.11 Å². The van der Waals surface area contributed by atoms with E-state index in [4.69, 9.17) is 4.74 Å². The predicted octanol–water partition coefficient (Wildman–Crippen LogP) is 2.05. The van der Waals surface area contributed by atoms with Crippen molar-refractivity contribution in [1.82, 2.24) is 9.55 Å². The van der Waals surface area contributed by atoms with Gasteiger partial charge in [-0.25, -0.2) is 4.98 Å². The van der Waals surface area contributed by atoms with Crippen LogP contribution in [0, 0.1) is 0 Å². The van der Waals surface area contributed by atoms with E-state index in [-0.39, 0.29) is 0 Å². The van der Waals surface area contributed by atoms with E-state index in [1.54, 1.807) is 13.1 Å². The number of imidazole rings is 1. The Morgan fingerprint density at radius 2 is 2.29 bits per heavy atom. The lowest BCUT2D eigenvalue weighted by molar-refractivity contribution is 0.198. The van der Waals surface area contributed by atoms with Crippen molar-refractivity contribution < 1.29 is 9.84 Å². The fraction of sp³-hybridized carbons (Fsp3) is 0.308. The highest BCUT2D eigenvalue weighted by Crippen LogP contribution is 2.19. The average Bonchev–Trinajstić information content (AvgIpc) is 2.72. The molecule has 1 heterocycles. The first-order chi connectivity index (χ1) is 8.16. The summed E-state index contributed by atoms with van der Waals surface area (Å²) in [5, 5.41) is 9.47. The quantitative estimate of drug-likeness (QED) is 0.877. The van der Waals surface area contributed by atoms with Crippen LogP contribution >= 0.6 is 0 Å². The molecule has 90 valence electrons. The normalized spacial score (nSPS) is 12.4. The predicted molar refractivity (Wildman–Crippen MR) is 64.6 cm³/mol. The molecule has 0 spiro atoms. The van der Waals surface area contributed by atoms with Crippen LogP contribution in [-0.2, 0) is 13.7 Å². The highest BCUT2D eigenvalue weighted by molar-refractivity contribution is 5.29. The Hall–Kier alpha value is -1.81. The van der Waals surface area contributed by atoms with Crippen molar-refractivity contribution in [2.45, 2.75) is 19.6 Å². The molecular formula is C13H16N2O2. The molecule has 0 amide bonds. The van der Waals surface area contributed by atoms with Crippen molar-refractivity contribution in [2.24, 2.45) is 7.05 Å². The Morgan fingerprint density at radius 3 is 2.94 bits per heavy atom. The van der Waals surface area contributed by atoms with Crippen LogP contribution in [0.3, 0.4) is 0 Å². The van der Waals surface area contributed by atoms with Gasteiger partial charge in [0.1, 0.15) is 18.2 Å². The number of benzene rings is 1. The molecule has 0 unspecified atom stereocenters. The van der Waals surface area contributed by atoms with Gasteiger partial charge in [0.2, 0.25) is 0 Å². The molecule has 1 aromatic carbocycles. The van der Waals surface area contributed by atoms with Gasteiger partial charge in [0.15, 0.2) is 0 Å². The van der Waals surface area contributed by atoms with Gasteiger partial charge >= 0.3 is 0 Å². The zero-order valence-corrected chi connectivity index (χ0v) is 10.00. The molecule has 0 fully saturated rings. The molecule has 1 atom stereocenters. The molecule has 0 aliphatic heterocycles. The number of ether oxygens (including phenoxy) is 1. The maximum absolute atomic E-state index is 9.47. The van der Waals surface area contributed by atoms with Crippen molar-refractivity contribution in [3.05, 3.63) is 48.0 Å². The Labute approximate surface area is 100 Å². The maximum Gasteiger partial charge on any atom is 0.146 e. The summed E-state index contributed by atoms with van der Waals surface area (Å²) < 4.78 is 7.54. The summed E-state index contributed by atoms with van der Waals surface area (Å²) in [5.74, 6) is 1.61. The van der Waals surface area contributed by atoms with Crippen LogP contribution in [0.2, 0.25) is 0 Å². The zero-order chi connectivity index (χ0) is 12.3. The summed E-state index contributed by atoms with van der Waals surface area (Å²) in [4.78, 5) is 4.18. The minimum atomic E-state index is -0.480. The lowest BCUT2D eigenvalue weighted by Crippen LogP contribution is -2.03. The van der Waals surface area contributed by atoms with Crippen molar-refractivity contribution in [3.63, 3.8) is 0 Å². The van der Waals surface area contributed by atoms with E-state index >= 15 is 0 Å². The number of aliphatic hydroxyl groups is 1. The molecular weight excluding hydrogens is 216 g/mol. The van der Waals surface area contributed by atoms with E-state index in [1.807, 2.05) is 42.1 Å². The number of aromatic nitrogens is 2. The first-order valence-corrected chi connectivity index (χ1v) is 5.54. The van der Waals surface area contributed by atoms with Crippen molar-refractivity contribution in [3.8, 4) is 5.75 Å². The van der Waals surface area contributed by atoms with Crippen molar-refractivity contribution in [1.29, 1.82) is 0 Å². The molecule has 0 radical (unpaired) electrons. The number of nitrogens with zero attached hydrogens (tertiary/aromatic N) is 2. The molecule has 0 aliphatic rings. The van der Waals surface area contributed by atoms with Gasteiger partial charge in [-0.15, -0.1) is 0 Å². The number of rotatable bonds is 4. The molecule has 4 heteroatoms. The van der Waals surface area contributed by atoms with Gasteiger partial charge in [-0.05, 0) is 24.6 Å². The molecule has 0 aliphatic carbocycles. The smallest absolute Gasteiger partial charge is 0.146 e. The van der Waals surface area contributed by atoms with Gasteiger partial charge in [0.25, 0.3) is 0 Å². The molecule has 17 heavy (non-hydrogen) atoms. The first kappa shape index (κ1) is 11.7. The van der Waals surface area contributed by atoms with Crippen LogP contribution in [0.15, 0.2) is 36.7 Å². The van der Waals surface area contributed by atoms with E-state index in [2.05, 4.69) is 4.98 Å². The standard InChI is InChI=1S/C13H16N2O2/c1-10(16)11-4-3-5-12(8-11)17-9-13-14-6-7-15(13)2/h3-8,10,16H,9H2,1-2H3/t10-/m0/s1. The Kier molecular flexibility index (Phi) is 3.44. The third kappa shape index (κ3) is 2.85. The SMILES string of the molecule is C[C@H](O)c1cccc(OCc2nccn2C)c1. The minimum Gasteiger partial charge on any atom is -0.486 e. The van der Waals surface area contributed by atoms with Gasteiger partial charge in [-0.1, -0.05) is 12.1 Å². The molecule has 0 saturated heterocycles. The zero-order valence-electron chi connectivity index (χ0n) is 10.00. The summed E-state index contributed by atoms with van der Waals surface area (Å²) in [6.07, 6.45) is 3.14. The molecule has 2 rings (SSSR count). The molecule has 1 aromatic heterocycles. The highest BCUT2D eigenvalue weighted by Gasteiger charge is 2.04. The van der Waals surface area contributed by atoms with E-state index in [1.165, 1.54) is 0 Å². The topological polar surface area (TPSA) is 47.3 Å². The number of aryl methyl sites for hydroxylation is 1. The Bertz CT molecular complexity index is 492. The summed E-state index contributed by atoms with van der Waals surface area (Å²) in [7, 11) is 1.93. The molecule has 0 bridgehead atoms. The largest absolute Gasteiger partial charge is 0.486 e. The maximum atomic E-state index is 9.47. The van der Waals surface area contributed by atoms with E-state index < -0.39 is 6.10 Å². The number of hydrogen-bond acceptors (Lipinski definition) is 3. The fourth-order valence-corrected chi connectivity index (χ4v) is 1.55. The van der Waals surface area contributed by atoms with Crippen LogP contribution < -0.4 is 4.74 Å². The van der Waals surface area contributed by atoms with Crippen LogP contribution in [0.4, 0.5) is 0 Å². The Balaban J connectivity index is 2.04. The summed E-state index contributed by atoms with van der Waals surface area (Å²) in [5.41, 5.74) is 0.849. The van der Waals surface area contributed by atoms with Crippen LogP contribution in [0.5, 0.6) is 5.75 Å². The second kappa shape index (κ2) is 5.01. The highest BCUT2D eigenvalue weighted by atomic mass is 16.5. The summed E-state index contributed by atoms with van der Waals surface area (Å²) in [6, 6.07) is 7.45. The van der Waals surface area contributed by atoms with E-state index in [0.29, 0.717) is 6.61 Å². The van der Waals surface area contributed by atoms with Gasteiger partial charge in [-0.3, -0.25) is 0 Å². The first-order valence-electron chi connectivity index (χ1n) is 5.54. The van der Waals surface area contributed by atoms with Crippen molar-refractivity contribution >= 4 is 0 Å². The molecule has 0 saturated carbocycles.